The van der Waals surface area contributed by atoms with Crippen LogP contribution in [-0.4, -0.2) is 30.2 Å². The van der Waals surface area contributed by atoms with Crippen LogP contribution < -0.4 is 14.2 Å². The average Bonchev–Trinajstić information content (AvgIpc) is 2.68. The van der Waals surface area contributed by atoms with E-state index in [9.17, 15) is 15.0 Å². The normalized spacial score (nSPS) is 15.4. The van der Waals surface area contributed by atoms with Crippen molar-refractivity contribution in [3.63, 3.8) is 0 Å². The number of hydrogen-bond donors (Lipinski definition) is 2. The molecule has 1 atom stereocenters. The summed E-state index contributed by atoms with van der Waals surface area (Å²) in [4.78, 5) is 12.6. The van der Waals surface area contributed by atoms with Gasteiger partial charge in [0.15, 0.2) is 17.3 Å². The van der Waals surface area contributed by atoms with Crippen LogP contribution in [0.1, 0.15) is 47.9 Å². The third-order valence-electron chi connectivity index (χ3n) is 4.74. The summed E-state index contributed by atoms with van der Waals surface area (Å²) in [5, 5.41) is 20.5. The van der Waals surface area contributed by atoms with Gasteiger partial charge in [0.1, 0.15) is 23.2 Å². The minimum absolute atomic E-state index is 0.0205. The van der Waals surface area contributed by atoms with Crippen LogP contribution in [0.2, 0.25) is 0 Å². The Labute approximate surface area is 164 Å². The van der Waals surface area contributed by atoms with E-state index < -0.39 is 6.10 Å². The number of carbonyl (C=O) groups excluding carboxylic acids is 1. The van der Waals surface area contributed by atoms with Gasteiger partial charge < -0.3 is 24.4 Å². The molecule has 0 saturated carbocycles. The van der Waals surface area contributed by atoms with Crippen molar-refractivity contribution in [3.05, 3.63) is 52.6 Å². The Morgan fingerprint density at radius 2 is 1.89 bits per heavy atom. The van der Waals surface area contributed by atoms with Crippen molar-refractivity contribution in [3.8, 4) is 28.7 Å². The predicted octanol–water partition coefficient (Wildman–Crippen LogP) is 4.33. The molecule has 6 nitrogen and oxygen atoms in total. The number of phenolic OH excluding ortho intramolecular Hbond substituents is 2. The first-order chi connectivity index (χ1) is 13.3. The van der Waals surface area contributed by atoms with E-state index in [1.165, 1.54) is 18.7 Å². The quantitative estimate of drug-likeness (QED) is 0.590. The number of allylic oxidation sites excluding steroid dienone is 2. The molecule has 0 spiro atoms. The molecule has 2 aromatic carbocycles. The molecule has 0 saturated heterocycles. The Morgan fingerprint density at radius 1 is 1.18 bits per heavy atom. The molecule has 0 aliphatic carbocycles. The van der Waals surface area contributed by atoms with E-state index >= 15 is 0 Å². The third-order valence-corrected chi connectivity index (χ3v) is 4.74. The lowest BCUT2D eigenvalue weighted by Gasteiger charge is -2.27. The van der Waals surface area contributed by atoms with Crippen molar-refractivity contribution in [1.82, 2.24) is 0 Å². The fourth-order valence-electron chi connectivity index (χ4n) is 3.26. The maximum atomic E-state index is 12.6. The molecule has 0 amide bonds. The first-order valence-electron chi connectivity index (χ1n) is 8.98. The number of ketones is 1. The van der Waals surface area contributed by atoms with Gasteiger partial charge in [0.25, 0.3) is 0 Å². The van der Waals surface area contributed by atoms with Crippen molar-refractivity contribution >= 4 is 5.78 Å². The fraction of sp³-hybridized carbons (Fsp3) is 0.318. The zero-order chi connectivity index (χ0) is 20.4. The van der Waals surface area contributed by atoms with Gasteiger partial charge in [-0.3, -0.25) is 4.79 Å². The molecule has 1 aliphatic heterocycles. The second kappa shape index (κ2) is 7.84. The zero-order valence-electron chi connectivity index (χ0n) is 16.4. The van der Waals surface area contributed by atoms with Crippen LogP contribution >= 0.6 is 0 Å². The minimum atomic E-state index is -0.589. The number of phenols is 2. The number of Topliss-reactive ketones (excluding diaryl/α,β-unsaturated/α-hetero) is 1. The van der Waals surface area contributed by atoms with Crippen molar-refractivity contribution in [2.75, 3.05) is 14.2 Å². The van der Waals surface area contributed by atoms with Crippen LogP contribution in [0.5, 0.6) is 28.7 Å². The first-order valence-corrected chi connectivity index (χ1v) is 8.98. The molecule has 28 heavy (non-hydrogen) atoms. The highest BCUT2D eigenvalue weighted by Gasteiger charge is 2.34. The highest BCUT2D eigenvalue weighted by molar-refractivity contribution is 6.03. The number of carbonyl (C=O) groups is 1. The lowest BCUT2D eigenvalue weighted by molar-refractivity contribution is 0.0836. The van der Waals surface area contributed by atoms with Gasteiger partial charge in [0, 0.05) is 6.07 Å². The van der Waals surface area contributed by atoms with Gasteiger partial charge in [-0.2, -0.15) is 0 Å². The summed E-state index contributed by atoms with van der Waals surface area (Å²) in [5.74, 6) is -0.128. The number of methoxy groups -OCH3 is 2. The second-order valence-corrected chi connectivity index (χ2v) is 6.94. The largest absolute Gasteiger partial charge is 0.507 e. The van der Waals surface area contributed by atoms with Crippen LogP contribution in [0, 0.1) is 0 Å². The third kappa shape index (κ3) is 3.63. The standard InChI is InChI=1S/C22H24O6/c1-12(2)5-6-13-9-14(7-8-17(13)26-3)18-10-15(23)20-16(24)11-19(27-4)21(25)22(20)28-18/h5,7-9,11,18,24-25H,6,10H2,1-4H3/t18-/m0/s1. The first kappa shape index (κ1) is 19.6. The lowest BCUT2D eigenvalue weighted by atomic mass is 9.93. The Balaban J connectivity index is 2.01. The molecule has 0 bridgehead atoms. The number of rotatable bonds is 5. The Morgan fingerprint density at radius 3 is 2.54 bits per heavy atom. The van der Waals surface area contributed by atoms with E-state index in [-0.39, 0.29) is 40.8 Å². The highest BCUT2D eigenvalue weighted by atomic mass is 16.5. The Kier molecular flexibility index (Phi) is 5.49. The molecule has 6 heteroatoms. The van der Waals surface area contributed by atoms with Gasteiger partial charge in [0.05, 0.1) is 20.6 Å². The molecule has 2 N–H and O–H groups in total. The molecule has 2 aromatic rings. The van der Waals surface area contributed by atoms with Crippen molar-refractivity contribution in [1.29, 1.82) is 0 Å². The van der Waals surface area contributed by atoms with Gasteiger partial charge in [-0.15, -0.1) is 0 Å². The maximum Gasteiger partial charge on any atom is 0.201 e. The monoisotopic (exact) mass is 384 g/mol. The Hall–Kier alpha value is -3.15. The molecule has 0 unspecified atom stereocenters. The molecule has 1 aliphatic rings. The second-order valence-electron chi connectivity index (χ2n) is 6.94. The number of ether oxygens (including phenoxy) is 3. The molecular formula is C22H24O6. The van der Waals surface area contributed by atoms with E-state index in [1.54, 1.807) is 7.11 Å². The molecular weight excluding hydrogens is 360 g/mol. The molecule has 148 valence electrons. The van der Waals surface area contributed by atoms with Gasteiger partial charge in [0.2, 0.25) is 5.75 Å². The average molecular weight is 384 g/mol. The summed E-state index contributed by atoms with van der Waals surface area (Å²) < 4.78 is 16.4. The summed E-state index contributed by atoms with van der Waals surface area (Å²) >= 11 is 0. The predicted molar refractivity (Wildman–Crippen MR) is 105 cm³/mol. The van der Waals surface area contributed by atoms with Gasteiger partial charge in [-0.1, -0.05) is 17.7 Å². The van der Waals surface area contributed by atoms with Crippen molar-refractivity contribution < 1.29 is 29.2 Å². The molecule has 1 heterocycles. The molecule has 3 rings (SSSR count). The number of benzene rings is 2. The van der Waals surface area contributed by atoms with Gasteiger partial charge in [-0.05, 0) is 43.5 Å². The number of aromatic hydroxyl groups is 2. The summed E-state index contributed by atoms with van der Waals surface area (Å²) in [6.45, 7) is 4.05. The van der Waals surface area contributed by atoms with Crippen LogP contribution in [0.15, 0.2) is 35.9 Å². The molecule has 0 fully saturated rings. The van der Waals surface area contributed by atoms with Crippen LogP contribution in [0.3, 0.4) is 0 Å². The summed E-state index contributed by atoms with van der Waals surface area (Å²) in [5.41, 5.74) is 2.94. The van der Waals surface area contributed by atoms with E-state index in [1.807, 2.05) is 32.0 Å². The Bertz CT molecular complexity index is 941. The topological polar surface area (TPSA) is 85.2 Å². The van der Waals surface area contributed by atoms with Crippen LogP contribution in [0.4, 0.5) is 0 Å². The van der Waals surface area contributed by atoms with Crippen molar-refractivity contribution in [2.24, 2.45) is 0 Å². The van der Waals surface area contributed by atoms with E-state index in [2.05, 4.69) is 6.08 Å². The number of hydrogen-bond acceptors (Lipinski definition) is 6. The van der Waals surface area contributed by atoms with E-state index in [4.69, 9.17) is 14.2 Å². The van der Waals surface area contributed by atoms with Crippen LogP contribution in [0.25, 0.3) is 0 Å². The summed E-state index contributed by atoms with van der Waals surface area (Å²) in [6.07, 6.45) is 2.25. The summed E-state index contributed by atoms with van der Waals surface area (Å²) in [6, 6.07) is 6.83. The van der Waals surface area contributed by atoms with Crippen LogP contribution in [-0.2, 0) is 6.42 Å². The minimum Gasteiger partial charge on any atom is -0.507 e. The zero-order valence-corrected chi connectivity index (χ0v) is 16.4. The van der Waals surface area contributed by atoms with Gasteiger partial charge >= 0.3 is 0 Å². The number of fused-ring (bicyclic) bond motifs is 1. The maximum absolute atomic E-state index is 12.6. The molecule has 0 radical (unpaired) electrons. The lowest BCUT2D eigenvalue weighted by Crippen LogP contribution is -2.21. The van der Waals surface area contributed by atoms with E-state index in [0.29, 0.717) is 6.42 Å². The van der Waals surface area contributed by atoms with Gasteiger partial charge in [-0.25, -0.2) is 0 Å². The smallest absolute Gasteiger partial charge is 0.201 e. The SMILES string of the molecule is COc1ccc([C@@H]2CC(=O)c3c(O)cc(OC)c(O)c3O2)cc1CC=C(C)C. The fourth-order valence-corrected chi connectivity index (χ4v) is 3.26. The highest BCUT2D eigenvalue weighted by Crippen LogP contribution is 2.49. The van der Waals surface area contributed by atoms with Crippen molar-refractivity contribution in [2.45, 2.75) is 32.8 Å². The molecule has 0 aromatic heterocycles. The summed E-state index contributed by atoms with van der Waals surface area (Å²) in [7, 11) is 2.98. The van der Waals surface area contributed by atoms with E-state index in [0.717, 1.165) is 16.9 Å².